The maximum absolute atomic E-state index is 12.5. The van der Waals surface area contributed by atoms with Crippen molar-refractivity contribution < 1.29 is 18.0 Å². The van der Waals surface area contributed by atoms with E-state index >= 15 is 0 Å². The van der Waals surface area contributed by atoms with Crippen molar-refractivity contribution in [1.29, 1.82) is 0 Å². The standard InChI is InChI=1S/C15H20F3N3O/c1-20-9-7-13(8-10-20)21(2)14(22)19-12-5-3-11(4-6-12)15(16,17)18/h3-6,13H,7-10H2,1-2H3,(H,19,22). The van der Waals surface area contributed by atoms with Gasteiger partial charge in [-0.15, -0.1) is 0 Å². The minimum absolute atomic E-state index is 0.158. The summed E-state index contributed by atoms with van der Waals surface area (Å²) < 4.78 is 37.5. The van der Waals surface area contributed by atoms with Crippen molar-refractivity contribution >= 4 is 11.7 Å². The quantitative estimate of drug-likeness (QED) is 0.909. The molecule has 122 valence electrons. The highest BCUT2D eigenvalue weighted by Gasteiger charge is 2.30. The zero-order valence-electron chi connectivity index (χ0n) is 12.7. The fraction of sp³-hybridized carbons (Fsp3) is 0.533. The highest BCUT2D eigenvalue weighted by molar-refractivity contribution is 5.89. The van der Waals surface area contributed by atoms with E-state index in [-0.39, 0.29) is 12.1 Å². The lowest BCUT2D eigenvalue weighted by atomic mass is 10.0. The van der Waals surface area contributed by atoms with E-state index < -0.39 is 11.7 Å². The van der Waals surface area contributed by atoms with Crippen LogP contribution in [-0.2, 0) is 6.18 Å². The second kappa shape index (κ2) is 6.56. The third-order valence-electron chi connectivity index (χ3n) is 4.02. The van der Waals surface area contributed by atoms with E-state index in [1.165, 1.54) is 12.1 Å². The molecule has 1 aliphatic rings. The Morgan fingerprint density at radius 3 is 2.27 bits per heavy atom. The van der Waals surface area contributed by atoms with Crippen LogP contribution in [0.1, 0.15) is 18.4 Å². The first kappa shape index (κ1) is 16.6. The molecule has 0 radical (unpaired) electrons. The Morgan fingerprint density at radius 1 is 1.23 bits per heavy atom. The van der Waals surface area contributed by atoms with Gasteiger partial charge in [-0.25, -0.2) is 4.79 Å². The second-order valence-electron chi connectivity index (χ2n) is 5.65. The summed E-state index contributed by atoms with van der Waals surface area (Å²) in [5.74, 6) is 0. The molecule has 0 aromatic heterocycles. The molecule has 1 fully saturated rings. The Bertz CT molecular complexity index is 508. The fourth-order valence-electron chi connectivity index (χ4n) is 2.50. The molecule has 1 aromatic rings. The molecular weight excluding hydrogens is 295 g/mol. The number of amides is 2. The molecule has 0 aliphatic carbocycles. The molecule has 7 heteroatoms. The summed E-state index contributed by atoms with van der Waals surface area (Å²) in [5.41, 5.74) is -0.369. The summed E-state index contributed by atoms with van der Waals surface area (Å²) >= 11 is 0. The maximum atomic E-state index is 12.5. The van der Waals surface area contributed by atoms with E-state index in [2.05, 4.69) is 10.2 Å². The van der Waals surface area contributed by atoms with Crippen LogP contribution in [0.4, 0.5) is 23.7 Å². The van der Waals surface area contributed by atoms with Gasteiger partial charge in [0.05, 0.1) is 5.56 Å². The summed E-state index contributed by atoms with van der Waals surface area (Å²) in [5, 5.41) is 2.63. The second-order valence-corrected chi connectivity index (χ2v) is 5.65. The molecule has 0 unspecified atom stereocenters. The van der Waals surface area contributed by atoms with E-state index in [9.17, 15) is 18.0 Å². The number of urea groups is 1. The summed E-state index contributed by atoms with van der Waals surface area (Å²) in [6, 6.07) is 4.32. The molecule has 22 heavy (non-hydrogen) atoms. The number of carbonyl (C=O) groups excluding carboxylic acids is 1. The van der Waals surface area contributed by atoms with Gasteiger partial charge in [-0.05, 0) is 57.2 Å². The fourth-order valence-corrected chi connectivity index (χ4v) is 2.50. The van der Waals surface area contributed by atoms with Crippen molar-refractivity contribution in [3.05, 3.63) is 29.8 Å². The van der Waals surface area contributed by atoms with Crippen LogP contribution >= 0.6 is 0 Å². The van der Waals surface area contributed by atoms with E-state index in [0.29, 0.717) is 5.69 Å². The highest BCUT2D eigenvalue weighted by atomic mass is 19.4. The van der Waals surface area contributed by atoms with Crippen LogP contribution in [0.15, 0.2) is 24.3 Å². The number of piperidine rings is 1. The maximum Gasteiger partial charge on any atom is 0.416 e. The van der Waals surface area contributed by atoms with Gasteiger partial charge in [0.25, 0.3) is 0 Å². The molecule has 0 saturated carbocycles. The van der Waals surface area contributed by atoms with Crippen molar-refractivity contribution in [3.63, 3.8) is 0 Å². The average molecular weight is 315 g/mol. The number of carbonyl (C=O) groups is 1. The molecule has 0 bridgehead atoms. The number of halogens is 3. The SMILES string of the molecule is CN1CCC(N(C)C(=O)Nc2ccc(C(F)(F)F)cc2)CC1. The van der Waals surface area contributed by atoms with Crippen molar-refractivity contribution in [2.24, 2.45) is 0 Å². The Hall–Kier alpha value is -1.76. The minimum atomic E-state index is -4.37. The summed E-state index contributed by atoms with van der Waals surface area (Å²) in [6.45, 7) is 1.87. The van der Waals surface area contributed by atoms with Gasteiger partial charge in [0.15, 0.2) is 0 Å². The number of nitrogens with one attached hydrogen (secondary N) is 1. The molecular formula is C15H20F3N3O. The topological polar surface area (TPSA) is 35.6 Å². The lowest BCUT2D eigenvalue weighted by Crippen LogP contribution is -2.46. The number of benzene rings is 1. The van der Waals surface area contributed by atoms with Crippen LogP contribution < -0.4 is 5.32 Å². The Kier molecular flexibility index (Phi) is 4.95. The van der Waals surface area contributed by atoms with E-state index in [0.717, 1.165) is 38.1 Å². The first-order chi connectivity index (χ1) is 10.3. The molecule has 2 amide bonds. The average Bonchev–Trinajstić information content (AvgIpc) is 2.47. The van der Waals surface area contributed by atoms with Gasteiger partial charge in [-0.2, -0.15) is 13.2 Å². The van der Waals surface area contributed by atoms with Gasteiger partial charge in [0.1, 0.15) is 0 Å². The molecule has 1 heterocycles. The molecule has 0 spiro atoms. The largest absolute Gasteiger partial charge is 0.416 e. The lowest BCUT2D eigenvalue weighted by molar-refractivity contribution is -0.137. The summed E-state index contributed by atoms with van der Waals surface area (Å²) in [6.07, 6.45) is -2.58. The van der Waals surface area contributed by atoms with E-state index in [4.69, 9.17) is 0 Å². The van der Waals surface area contributed by atoms with Crippen LogP contribution in [0.3, 0.4) is 0 Å². The Morgan fingerprint density at radius 2 is 1.77 bits per heavy atom. The first-order valence-electron chi connectivity index (χ1n) is 7.17. The van der Waals surface area contributed by atoms with Crippen LogP contribution in [0, 0.1) is 0 Å². The zero-order chi connectivity index (χ0) is 16.3. The van der Waals surface area contributed by atoms with Gasteiger partial charge < -0.3 is 15.1 Å². The number of hydrogen-bond acceptors (Lipinski definition) is 2. The van der Waals surface area contributed by atoms with Gasteiger partial charge in [-0.1, -0.05) is 0 Å². The predicted octanol–water partition coefficient (Wildman–Crippen LogP) is 3.26. The van der Waals surface area contributed by atoms with Gasteiger partial charge in [0, 0.05) is 18.8 Å². The molecule has 2 rings (SSSR count). The van der Waals surface area contributed by atoms with Crippen LogP contribution in [0.5, 0.6) is 0 Å². The number of rotatable bonds is 2. The Labute approximate surface area is 127 Å². The monoisotopic (exact) mass is 315 g/mol. The lowest BCUT2D eigenvalue weighted by Gasteiger charge is -2.35. The third-order valence-corrected chi connectivity index (χ3v) is 4.02. The molecule has 1 saturated heterocycles. The first-order valence-corrected chi connectivity index (χ1v) is 7.17. The number of alkyl halides is 3. The molecule has 1 N–H and O–H groups in total. The van der Waals surface area contributed by atoms with Gasteiger partial charge in [-0.3, -0.25) is 0 Å². The molecule has 1 aromatic carbocycles. The summed E-state index contributed by atoms with van der Waals surface area (Å²) in [4.78, 5) is 16.0. The predicted molar refractivity (Wildman–Crippen MR) is 78.7 cm³/mol. The number of hydrogen-bond donors (Lipinski definition) is 1. The minimum Gasteiger partial charge on any atom is -0.325 e. The van der Waals surface area contributed by atoms with Gasteiger partial charge >= 0.3 is 12.2 Å². The smallest absolute Gasteiger partial charge is 0.325 e. The van der Waals surface area contributed by atoms with Crippen LogP contribution in [0.25, 0.3) is 0 Å². The molecule has 1 aliphatic heterocycles. The van der Waals surface area contributed by atoms with E-state index in [1.807, 2.05) is 7.05 Å². The zero-order valence-corrected chi connectivity index (χ0v) is 12.7. The molecule has 4 nitrogen and oxygen atoms in total. The number of likely N-dealkylation sites (tertiary alicyclic amines) is 1. The highest BCUT2D eigenvalue weighted by Crippen LogP contribution is 2.29. The third kappa shape index (κ3) is 4.13. The van der Waals surface area contributed by atoms with Crippen LogP contribution in [0.2, 0.25) is 0 Å². The van der Waals surface area contributed by atoms with Crippen LogP contribution in [-0.4, -0.2) is 49.1 Å². The normalized spacial score (nSPS) is 17.3. The van der Waals surface area contributed by atoms with Crippen molar-refractivity contribution in [1.82, 2.24) is 9.80 Å². The summed E-state index contributed by atoms with van der Waals surface area (Å²) in [7, 11) is 3.76. The molecule has 0 atom stereocenters. The van der Waals surface area contributed by atoms with E-state index in [1.54, 1.807) is 11.9 Å². The van der Waals surface area contributed by atoms with Gasteiger partial charge in [0.2, 0.25) is 0 Å². The number of anilines is 1. The number of nitrogens with zero attached hydrogens (tertiary/aromatic N) is 2. The van der Waals surface area contributed by atoms with Crippen molar-refractivity contribution in [3.8, 4) is 0 Å². The van der Waals surface area contributed by atoms with Crippen molar-refractivity contribution in [2.45, 2.75) is 25.1 Å². The van der Waals surface area contributed by atoms with Crippen molar-refractivity contribution in [2.75, 3.05) is 32.5 Å². The Balaban J connectivity index is 1.94.